The van der Waals surface area contributed by atoms with Gasteiger partial charge in [-0.15, -0.1) is 0 Å². The zero-order valence-electron chi connectivity index (χ0n) is 7.82. The summed E-state index contributed by atoms with van der Waals surface area (Å²) in [6.07, 6.45) is 0.558. The van der Waals surface area contributed by atoms with E-state index in [9.17, 15) is 0 Å². The van der Waals surface area contributed by atoms with Gasteiger partial charge in [-0.3, -0.25) is 4.90 Å². The molecule has 3 unspecified atom stereocenters. The Morgan fingerprint density at radius 2 is 2.25 bits per heavy atom. The highest BCUT2D eigenvalue weighted by Gasteiger charge is 2.31. The molecular weight excluding hydrogens is 170 g/mol. The maximum absolute atomic E-state index is 5.25. The molecule has 0 aliphatic carbocycles. The van der Waals surface area contributed by atoms with Crippen molar-refractivity contribution in [3.8, 4) is 0 Å². The summed E-state index contributed by atoms with van der Waals surface area (Å²) in [6.45, 7) is 8.06. The number of ether oxygens (including phenoxy) is 1. The maximum Gasteiger partial charge on any atom is 0.0936 e. The van der Waals surface area contributed by atoms with E-state index in [1.54, 1.807) is 0 Å². The number of rotatable bonds is 2. The first-order valence-corrected chi connectivity index (χ1v) is 5.79. The lowest BCUT2D eigenvalue weighted by molar-refractivity contribution is 0.192. The molecule has 2 saturated heterocycles. The van der Waals surface area contributed by atoms with Crippen molar-refractivity contribution in [3.05, 3.63) is 0 Å². The molecule has 3 heteroatoms. The Labute approximate surface area is 78.6 Å². The van der Waals surface area contributed by atoms with Crippen LogP contribution in [0.5, 0.6) is 0 Å². The van der Waals surface area contributed by atoms with Crippen LogP contribution in [0.25, 0.3) is 0 Å². The summed E-state index contributed by atoms with van der Waals surface area (Å²) >= 11 is 2.09. The SMILES string of the molecule is CC1SCCN(CC2CO2)C1C. The Morgan fingerprint density at radius 1 is 1.50 bits per heavy atom. The monoisotopic (exact) mass is 187 g/mol. The molecule has 0 N–H and O–H groups in total. The Kier molecular flexibility index (Phi) is 2.63. The topological polar surface area (TPSA) is 15.8 Å². The van der Waals surface area contributed by atoms with E-state index in [1.807, 2.05) is 0 Å². The fourth-order valence-electron chi connectivity index (χ4n) is 1.69. The molecular formula is C9H17NOS. The molecule has 0 spiro atoms. The first kappa shape index (κ1) is 8.85. The van der Waals surface area contributed by atoms with Crippen molar-refractivity contribution in [2.45, 2.75) is 31.2 Å². The molecule has 2 aliphatic rings. The molecule has 0 bridgehead atoms. The molecule has 0 aromatic carbocycles. The van der Waals surface area contributed by atoms with E-state index >= 15 is 0 Å². The summed E-state index contributed by atoms with van der Waals surface area (Å²) in [7, 11) is 0. The van der Waals surface area contributed by atoms with Crippen molar-refractivity contribution in [3.63, 3.8) is 0 Å². The first-order chi connectivity index (χ1) is 5.77. The minimum atomic E-state index is 0.558. The summed E-state index contributed by atoms with van der Waals surface area (Å²) in [6, 6.07) is 0.730. The van der Waals surface area contributed by atoms with E-state index < -0.39 is 0 Å². The third kappa shape index (κ3) is 1.95. The van der Waals surface area contributed by atoms with Gasteiger partial charge >= 0.3 is 0 Å². The number of hydrogen-bond donors (Lipinski definition) is 0. The molecule has 70 valence electrons. The lowest BCUT2D eigenvalue weighted by Gasteiger charge is -2.37. The van der Waals surface area contributed by atoms with Crippen LogP contribution in [0.4, 0.5) is 0 Å². The smallest absolute Gasteiger partial charge is 0.0936 e. The van der Waals surface area contributed by atoms with Gasteiger partial charge in [-0.25, -0.2) is 0 Å². The molecule has 2 heterocycles. The second kappa shape index (κ2) is 3.56. The second-order valence-corrected chi connectivity index (χ2v) is 5.25. The third-order valence-electron chi connectivity index (χ3n) is 2.86. The van der Waals surface area contributed by atoms with Crippen molar-refractivity contribution < 1.29 is 4.74 Å². The molecule has 3 atom stereocenters. The van der Waals surface area contributed by atoms with Crippen molar-refractivity contribution in [1.29, 1.82) is 0 Å². The van der Waals surface area contributed by atoms with E-state index in [0.717, 1.165) is 24.4 Å². The fraction of sp³-hybridized carbons (Fsp3) is 1.00. The van der Waals surface area contributed by atoms with Gasteiger partial charge in [-0.1, -0.05) is 6.92 Å². The van der Waals surface area contributed by atoms with Crippen molar-refractivity contribution in [1.82, 2.24) is 4.90 Å². The molecule has 0 radical (unpaired) electrons. The fourth-order valence-corrected chi connectivity index (χ4v) is 2.85. The Balaban J connectivity index is 1.84. The van der Waals surface area contributed by atoms with Gasteiger partial charge in [0.1, 0.15) is 0 Å². The Bertz CT molecular complexity index is 161. The van der Waals surface area contributed by atoms with Gasteiger partial charge in [-0.2, -0.15) is 11.8 Å². The minimum Gasteiger partial charge on any atom is -0.372 e. The summed E-state index contributed by atoms with van der Waals surface area (Å²) in [5, 5.41) is 0.789. The average molecular weight is 187 g/mol. The van der Waals surface area contributed by atoms with E-state index in [4.69, 9.17) is 4.74 Å². The Morgan fingerprint density at radius 3 is 2.92 bits per heavy atom. The number of hydrogen-bond acceptors (Lipinski definition) is 3. The summed E-state index contributed by atoms with van der Waals surface area (Å²) in [5.41, 5.74) is 0. The zero-order chi connectivity index (χ0) is 8.55. The standard InChI is InChI=1S/C9H17NOS/c1-7-8(2)12-4-3-10(7)5-9-6-11-9/h7-9H,3-6H2,1-2H3. The van der Waals surface area contributed by atoms with Gasteiger partial charge in [0.05, 0.1) is 12.7 Å². The quantitative estimate of drug-likeness (QED) is 0.604. The summed E-state index contributed by atoms with van der Waals surface area (Å²) in [5.74, 6) is 1.29. The van der Waals surface area contributed by atoms with Crippen molar-refractivity contribution in [2.24, 2.45) is 0 Å². The highest BCUT2D eigenvalue weighted by Crippen LogP contribution is 2.25. The van der Waals surface area contributed by atoms with Crippen LogP contribution in [0.1, 0.15) is 13.8 Å². The Hall–Kier alpha value is 0.270. The van der Waals surface area contributed by atoms with E-state index in [2.05, 4.69) is 30.5 Å². The predicted octanol–water partition coefficient (Wildman–Crippen LogP) is 1.21. The van der Waals surface area contributed by atoms with Crippen molar-refractivity contribution >= 4 is 11.8 Å². The molecule has 2 rings (SSSR count). The molecule has 0 aromatic rings. The molecule has 0 aromatic heterocycles. The molecule has 2 nitrogen and oxygen atoms in total. The van der Waals surface area contributed by atoms with Gasteiger partial charge < -0.3 is 4.74 Å². The van der Waals surface area contributed by atoms with Gasteiger partial charge in [0, 0.05) is 30.1 Å². The minimum absolute atomic E-state index is 0.558. The molecule has 0 amide bonds. The number of epoxide rings is 1. The largest absolute Gasteiger partial charge is 0.372 e. The van der Waals surface area contributed by atoms with Gasteiger partial charge in [0.15, 0.2) is 0 Å². The zero-order valence-corrected chi connectivity index (χ0v) is 8.64. The van der Waals surface area contributed by atoms with Crippen LogP contribution in [0.15, 0.2) is 0 Å². The van der Waals surface area contributed by atoms with Crippen LogP contribution in [-0.2, 0) is 4.74 Å². The van der Waals surface area contributed by atoms with Crippen LogP contribution < -0.4 is 0 Å². The first-order valence-electron chi connectivity index (χ1n) is 4.74. The van der Waals surface area contributed by atoms with Crippen LogP contribution in [0.2, 0.25) is 0 Å². The van der Waals surface area contributed by atoms with Gasteiger partial charge in [-0.05, 0) is 6.92 Å². The lowest BCUT2D eigenvalue weighted by Crippen LogP contribution is -2.46. The number of thioether (sulfide) groups is 1. The highest BCUT2D eigenvalue weighted by molar-refractivity contribution is 8.00. The van der Waals surface area contributed by atoms with Crippen LogP contribution in [0.3, 0.4) is 0 Å². The van der Waals surface area contributed by atoms with Crippen LogP contribution in [-0.4, -0.2) is 47.7 Å². The maximum atomic E-state index is 5.25. The molecule has 2 aliphatic heterocycles. The lowest BCUT2D eigenvalue weighted by atomic mass is 10.2. The normalized spacial score (nSPS) is 43.0. The molecule has 0 saturated carbocycles. The van der Waals surface area contributed by atoms with E-state index in [1.165, 1.54) is 12.3 Å². The average Bonchev–Trinajstić information content (AvgIpc) is 2.83. The molecule has 2 fully saturated rings. The van der Waals surface area contributed by atoms with Crippen LogP contribution >= 0.6 is 11.8 Å². The summed E-state index contributed by atoms with van der Waals surface area (Å²) < 4.78 is 5.25. The van der Waals surface area contributed by atoms with Gasteiger partial charge in [0.25, 0.3) is 0 Å². The van der Waals surface area contributed by atoms with Gasteiger partial charge in [0.2, 0.25) is 0 Å². The van der Waals surface area contributed by atoms with Crippen molar-refractivity contribution in [2.75, 3.05) is 25.4 Å². The highest BCUT2D eigenvalue weighted by atomic mass is 32.2. The summed E-state index contributed by atoms with van der Waals surface area (Å²) in [4.78, 5) is 2.57. The number of nitrogens with zero attached hydrogens (tertiary/aromatic N) is 1. The molecule has 12 heavy (non-hydrogen) atoms. The van der Waals surface area contributed by atoms with E-state index in [-0.39, 0.29) is 0 Å². The van der Waals surface area contributed by atoms with Crippen LogP contribution in [0, 0.1) is 0 Å². The second-order valence-electron chi connectivity index (χ2n) is 3.77. The third-order valence-corrected chi connectivity index (χ3v) is 4.19. The predicted molar refractivity (Wildman–Crippen MR) is 52.7 cm³/mol. The van der Waals surface area contributed by atoms with E-state index in [0.29, 0.717) is 6.10 Å².